The van der Waals surface area contributed by atoms with Crippen LogP contribution in [-0.4, -0.2) is 22.1 Å². The third-order valence-corrected chi connectivity index (χ3v) is 2.25. The van der Waals surface area contributed by atoms with Crippen LogP contribution in [0.25, 0.3) is 0 Å². The molecule has 1 rings (SSSR count). The van der Waals surface area contributed by atoms with Crippen molar-refractivity contribution < 1.29 is 27.8 Å². The van der Waals surface area contributed by atoms with Gasteiger partial charge in [0.25, 0.3) is 0 Å². The second kappa shape index (κ2) is 4.95. The monoisotopic (exact) mass is 312 g/mol. The zero-order valence-electron chi connectivity index (χ0n) is 8.58. The van der Waals surface area contributed by atoms with E-state index in [1.54, 1.807) is 6.92 Å². The van der Waals surface area contributed by atoms with E-state index in [-0.39, 0.29) is 5.56 Å². The van der Waals surface area contributed by atoms with Crippen molar-refractivity contribution >= 4 is 21.7 Å². The van der Waals surface area contributed by atoms with E-state index >= 15 is 0 Å². The average molecular weight is 313 g/mol. The largest absolute Gasteiger partial charge is 0.573 e. The molecule has 94 valence electrons. The van der Waals surface area contributed by atoms with Gasteiger partial charge in [0.05, 0.1) is 10.4 Å². The van der Waals surface area contributed by atoms with Crippen molar-refractivity contribution in [1.29, 1.82) is 0 Å². The van der Waals surface area contributed by atoms with Gasteiger partial charge in [-0.1, -0.05) is 15.9 Å². The van der Waals surface area contributed by atoms with Crippen LogP contribution in [0.2, 0.25) is 0 Å². The highest BCUT2D eigenvalue weighted by atomic mass is 79.9. The van der Waals surface area contributed by atoms with E-state index in [0.717, 1.165) is 18.2 Å². The summed E-state index contributed by atoms with van der Waals surface area (Å²) in [6, 6.07) is 2.79. The molecule has 1 atom stereocenters. The Kier molecular flexibility index (Phi) is 4.03. The maximum absolute atomic E-state index is 11.9. The summed E-state index contributed by atoms with van der Waals surface area (Å²) in [5.41, 5.74) is -0.0658. The summed E-state index contributed by atoms with van der Waals surface area (Å²) >= 11 is 3.01. The summed E-state index contributed by atoms with van der Waals surface area (Å²) in [6.07, 6.45) is -4.83. The van der Waals surface area contributed by atoms with E-state index in [1.807, 2.05) is 0 Å². The van der Waals surface area contributed by atoms with Gasteiger partial charge in [0.2, 0.25) is 0 Å². The number of ether oxygens (including phenoxy) is 1. The number of phenols is 1. The molecule has 0 radical (unpaired) electrons. The fourth-order valence-electron chi connectivity index (χ4n) is 1.13. The van der Waals surface area contributed by atoms with E-state index < -0.39 is 28.5 Å². The molecular formula is C10H8BrF3O3. The van der Waals surface area contributed by atoms with Gasteiger partial charge in [0.1, 0.15) is 11.5 Å². The van der Waals surface area contributed by atoms with Gasteiger partial charge in [-0.05, 0) is 19.1 Å². The zero-order valence-corrected chi connectivity index (χ0v) is 10.2. The molecule has 0 fully saturated rings. The highest BCUT2D eigenvalue weighted by Crippen LogP contribution is 2.29. The first kappa shape index (κ1) is 13.8. The lowest BCUT2D eigenvalue weighted by atomic mass is 10.1. The van der Waals surface area contributed by atoms with Crippen LogP contribution >= 0.6 is 15.9 Å². The minimum absolute atomic E-state index is 0.0658. The third-order valence-electron chi connectivity index (χ3n) is 1.83. The van der Waals surface area contributed by atoms with E-state index in [0.29, 0.717) is 0 Å². The predicted octanol–water partition coefficient (Wildman–Crippen LogP) is 3.26. The molecule has 0 saturated heterocycles. The number of phenolic OH excluding ortho intramolecular Hbond substituents is 1. The summed E-state index contributed by atoms with van der Waals surface area (Å²) in [4.78, 5) is 11.0. The highest BCUT2D eigenvalue weighted by molar-refractivity contribution is 9.10. The normalized spacial score (nSPS) is 13.2. The van der Waals surface area contributed by atoms with Crippen LogP contribution in [0.5, 0.6) is 11.5 Å². The van der Waals surface area contributed by atoms with Crippen LogP contribution in [0.1, 0.15) is 17.3 Å². The number of benzene rings is 1. The first-order chi connectivity index (χ1) is 7.70. The number of ketones is 1. The van der Waals surface area contributed by atoms with Gasteiger partial charge in [-0.25, -0.2) is 0 Å². The van der Waals surface area contributed by atoms with Gasteiger partial charge in [-0.2, -0.15) is 0 Å². The van der Waals surface area contributed by atoms with E-state index in [2.05, 4.69) is 20.7 Å². The van der Waals surface area contributed by atoms with Crippen LogP contribution in [0.3, 0.4) is 0 Å². The second-order valence-electron chi connectivity index (χ2n) is 3.21. The Morgan fingerprint density at radius 3 is 2.47 bits per heavy atom. The van der Waals surface area contributed by atoms with E-state index in [4.69, 9.17) is 0 Å². The Bertz CT molecular complexity index is 429. The molecule has 1 aromatic rings. The molecule has 7 heteroatoms. The lowest BCUT2D eigenvalue weighted by Gasteiger charge is -2.11. The van der Waals surface area contributed by atoms with Gasteiger partial charge in [0, 0.05) is 6.07 Å². The molecular weight excluding hydrogens is 305 g/mol. The summed E-state index contributed by atoms with van der Waals surface area (Å²) < 4.78 is 39.2. The molecule has 0 spiro atoms. The lowest BCUT2D eigenvalue weighted by Crippen LogP contribution is -2.17. The smallest absolute Gasteiger partial charge is 0.507 e. The number of aromatic hydroxyl groups is 1. The van der Waals surface area contributed by atoms with Crippen LogP contribution < -0.4 is 4.74 Å². The lowest BCUT2D eigenvalue weighted by molar-refractivity contribution is -0.274. The Morgan fingerprint density at radius 2 is 2.06 bits per heavy atom. The first-order valence-corrected chi connectivity index (χ1v) is 5.39. The number of halogens is 4. The first-order valence-electron chi connectivity index (χ1n) is 4.48. The van der Waals surface area contributed by atoms with E-state index in [9.17, 15) is 23.1 Å². The van der Waals surface area contributed by atoms with Crippen molar-refractivity contribution in [2.24, 2.45) is 0 Å². The molecule has 0 saturated carbocycles. The van der Waals surface area contributed by atoms with Crippen LogP contribution in [0.4, 0.5) is 13.2 Å². The topological polar surface area (TPSA) is 46.5 Å². The summed E-state index contributed by atoms with van der Waals surface area (Å²) in [5.74, 6) is -1.56. The molecule has 0 heterocycles. The van der Waals surface area contributed by atoms with Crippen molar-refractivity contribution in [3.05, 3.63) is 23.8 Å². The van der Waals surface area contributed by atoms with Crippen molar-refractivity contribution in [3.63, 3.8) is 0 Å². The number of carbonyl (C=O) groups excluding carboxylic acids is 1. The van der Waals surface area contributed by atoms with Gasteiger partial charge in [-0.3, -0.25) is 4.79 Å². The SMILES string of the molecule is CC(Br)C(=O)c1ccc(OC(F)(F)F)cc1O. The van der Waals surface area contributed by atoms with Crippen molar-refractivity contribution in [3.8, 4) is 11.5 Å². The van der Waals surface area contributed by atoms with Crippen molar-refractivity contribution in [1.82, 2.24) is 0 Å². The minimum atomic E-state index is -4.83. The maximum atomic E-state index is 11.9. The summed E-state index contributed by atoms with van der Waals surface area (Å²) in [6.45, 7) is 1.54. The standard InChI is InChI=1S/C10H8BrF3O3/c1-5(11)9(16)7-3-2-6(4-8(7)15)17-10(12,13)14/h2-5,15H,1H3. The molecule has 1 N–H and O–H groups in total. The predicted molar refractivity (Wildman–Crippen MR) is 57.5 cm³/mol. The Morgan fingerprint density at radius 1 is 1.47 bits per heavy atom. The van der Waals surface area contributed by atoms with E-state index in [1.165, 1.54) is 0 Å². The molecule has 0 aliphatic carbocycles. The molecule has 0 bridgehead atoms. The quantitative estimate of drug-likeness (QED) is 0.688. The summed E-state index contributed by atoms with van der Waals surface area (Å²) in [5, 5.41) is 9.42. The zero-order chi connectivity index (χ0) is 13.2. The van der Waals surface area contributed by atoms with Crippen molar-refractivity contribution in [2.75, 3.05) is 0 Å². The third kappa shape index (κ3) is 3.92. The van der Waals surface area contributed by atoms with Gasteiger partial charge >= 0.3 is 6.36 Å². The molecule has 0 aliphatic rings. The number of hydrogen-bond acceptors (Lipinski definition) is 3. The Balaban J connectivity index is 2.98. The molecule has 17 heavy (non-hydrogen) atoms. The molecule has 0 aromatic heterocycles. The number of hydrogen-bond donors (Lipinski definition) is 1. The molecule has 0 aliphatic heterocycles. The Labute approximate surface area is 103 Å². The van der Waals surface area contributed by atoms with Gasteiger partial charge < -0.3 is 9.84 Å². The van der Waals surface area contributed by atoms with Crippen LogP contribution in [-0.2, 0) is 0 Å². The van der Waals surface area contributed by atoms with Crippen LogP contribution in [0.15, 0.2) is 18.2 Å². The molecule has 1 unspecified atom stereocenters. The molecule has 1 aromatic carbocycles. The average Bonchev–Trinajstić information content (AvgIpc) is 2.14. The fourth-order valence-corrected chi connectivity index (χ4v) is 1.38. The fraction of sp³-hybridized carbons (Fsp3) is 0.300. The van der Waals surface area contributed by atoms with Gasteiger partial charge in [-0.15, -0.1) is 13.2 Å². The maximum Gasteiger partial charge on any atom is 0.573 e. The molecule has 3 nitrogen and oxygen atoms in total. The second-order valence-corrected chi connectivity index (χ2v) is 4.58. The number of carbonyl (C=O) groups is 1. The summed E-state index contributed by atoms with van der Waals surface area (Å²) in [7, 11) is 0. The van der Waals surface area contributed by atoms with Gasteiger partial charge in [0.15, 0.2) is 5.78 Å². The molecule has 0 amide bonds. The number of Topliss-reactive ketones (excluding diaryl/α,β-unsaturated/α-hetero) is 1. The highest BCUT2D eigenvalue weighted by Gasteiger charge is 2.31. The minimum Gasteiger partial charge on any atom is -0.507 e. The number of rotatable bonds is 3. The number of alkyl halides is 4. The van der Waals surface area contributed by atoms with Crippen molar-refractivity contribution in [2.45, 2.75) is 18.1 Å². The Hall–Kier alpha value is -1.24. The van der Waals surface area contributed by atoms with Crippen LogP contribution in [0, 0.1) is 0 Å².